The SMILES string of the molecule is NCc1ccccc1-c1cccc(OC2CC2)c1. The highest BCUT2D eigenvalue weighted by atomic mass is 16.5. The fraction of sp³-hybridized carbons (Fsp3) is 0.250. The van der Waals surface area contributed by atoms with E-state index in [0.717, 1.165) is 5.75 Å². The quantitative estimate of drug-likeness (QED) is 0.888. The molecule has 0 spiro atoms. The fourth-order valence-electron chi connectivity index (χ4n) is 2.10. The lowest BCUT2D eigenvalue weighted by molar-refractivity contribution is 0.303. The Hall–Kier alpha value is -1.80. The maximum atomic E-state index is 5.83. The van der Waals surface area contributed by atoms with Crippen LogP contribution in [0.1, 0.15) is 18.4 Å². The Bertz CT molecular complexity index is 546. The highest BCUT2D eigenvalue weighted by molar-refractivity contribution is 5.68. The zero-order chi connectivity index (χ0) is 12.4. The first-order chi connectivity index (χ1) is 8.86. The molecule has 2 aromatic carbocycles. The van der Waals surface area contributed by atoms with Crippen molar-refractivity contribution in [1.29, 1.82) is 0 Å². The van der Waals surface area contributed by atoms with Gasteiger partial charge in [0.2, 0.25) is 0 Å². The summed E-state index contributed by atoms with van der Waals surface area (Å²) in [6.45, 7) is 0.559. The molecule has 2 heteroatoms. The summed E-state index contributed by atoms with van der Waals surface area (Å²) in [7, 11) is 0. The standard InChI is InChI=1S/C16H17NO/c17-11-13-4-1-2-7-16(13)12-5-3-6-15(10-12)18-14-8-9-14/h1-7,10,14H,8-9,11,17H2. The Morgan fingerprint density at radius 3 is 2.67 bits per heavy atom. The van der Waals surface area contributed by atoms with E-state index in [9.17, 15) is 0 Å². The Kier molecular flexibility index (Phi) is 3.03. The van der Waals surface area contributed by atoms with Crippen molar-refractivity contribution in [2.75, 3.05) is 0 Å². The molecule has 2 nitrogen and oxygen atoms in total. The molecule has 0 amide bonds. The Morgan fingerprint density at radius 2 is 1.89 bits per heavy atom. The predicted molar refractivity (Wildman–Crippen MR) is 73.4 cm³/mol. The molecule has 0 atom stereocenters. The number of nitrogens with two attached hydrogens (primary N) is 1. The van der Waals surface area contributed by atoms with Crippen molar-refractivity contribution in [3.8, 4) is 16.9 Å². The average Bonchev–Trinajstić information content (AvgIpc) is 3.23. The second kappa shape index (κ2) is 4.83. The summed E-state index contributed by atoms with van der Waals surface area (Å²) in [5.74, 6) is 0.960. The van der Waals surface area contributed by atoms with Gasteiger partial charge in [-0.1, -0.05) is 36.4 Å². The van der Waals surface area contributed by atoms with Crippen LogP contribution in [0.3, 0.4) is 0 Å². The van der Waals surface area contributed by atoms with Crippen molar-refractivity contribution in [1.82, 2.24) is 0 Å². The Balaban J connectivity index is 1.94. The topological polar surface area (TPSA) is 35.2 Å². The number of hydrogen-bond donors (Lipinski definition) is 1. The largest absolute Gasteiger partial charge is 0.490 e. The van der Waals surface area contributed by atoms with Gasteiger partial charge in [-0.25, -0.2) is 0 Å². The van der Waals surface area contributed by atoms with Crippen molar-refractivity contribution in [2.24, 2.45) is 5.73 Å². The van der Waals surface area contributed by atoms with Gasteiger partial charge in [0.05, 0.1) is 6.10 Å². The second-order valence-electron chi connectivity index (χ2n) is 4.71. The van der Waals surface area contributed by atoms with Gasteiger partial charge in [-0.05, 0) is 41.7 Å². The summed E-state index contributed by atoms with van der Waals surface area (Å²) in [4.78, 5) is 0. The Labute approximate surface area is 107 Å². The summed E-state index contributed by atoms with van der Waals surface area (Å²) >= 11 is 0. The van der Waals surface area contributed by atoms with Gasteiger partial charge in [0, 0.05) is 6.54 Å². The molecule has 18 heavy (non-hydrogen) atoms. The van der Waals surface area contributed by atoms with Gasteiger partial charge in [-0.15, -0.1) is 0 Å². The third kappa shape index (κ3) is 2.39. The van der Waals surface area contributed by atoms with E-state index in [4.69, 9.17) is 10.5 Å². The van der Waals surface area contributed by atoms with Crippen molar-refractivity contribution in [2.45, 2.75) is 25.5 Å². The molecule has 0 aliphatic heterocycles. The third-order valence-corrected chi connectivity index (χ3v) is 3.21. The normalized spacial score (nSPS) is 14.5. The second-order valence-corrected chi connectivity index (χ2v) is 4.71. The molecule has 0 aromatic heterocycles. The monoisotopic (exact) mass is 239 g/mol. The van der Waals surface area contributed by atoms with E-state index in [1.807, 2.05) is 24.3 Å². The molecule has 0 radical (unpaired) electrons. The summed E-state index contributed by atoms with van der Waals surface area (Å²) in [6, 6.07) is 16.5. The highest BCUT2D eigenvalue weighted by Crippen LogP contribution is 2.30. The summed E-state index contributed by atoms with van der Waals surface area (Å²) < 4.78 is 5.83. The smallest absolute Gasteiger partial charge is 0.120 e. The van der Waals surface area contributed by atoms with E-state index in [1.165, 1.54) is 29.5 Å². The molecule has 1 aliphatic carbocycles. The molecule has 2 N–H and O–H groups in total. The first-order valence-corrected chi connectivity index (χ1v) is 6.42. The van der Waals surface area contributed by atoms with Gasteiger partial charge in [0.15, 0.2) is 0 Å². The molecule has 0 unspecified atom stereocenters. The van der Waals surface area contributed by atoms with Crippen molar-refractivity contribution in [3.63, 3.8) is 0 Å². The molecule has 0 saturated heterocycles. The summed E-state index contributed by atoms with van der Waals surface area (Å²) in [6.07, 6.45) is 2.80. The lowest BCUT2D eigenvalue weighted by atomic mass is 10.00. The van der Waals surface area contributed by atoms with E-state index in [2.05, 4.69) is 24.3 Å². The lowest BCUT2D eigenvalue weighted by Gasteiger charge is -2.10. The van der Waals surface area contributed by atoms with E-state index in [0.29, 0.717) is 12.6 Å². The zero-order valence-corrected chi connectivity index (χ0v) is 10.3. The first-order valence-electron chi connectivity index (χ1n) is 6.42. The van der Waals surface area contributed by atoms with Crippen LogP contribution in [0.25, 0.3) is 11.1 Å². The third-order valence-electron chi connectivity index (χ3n) is 3.21. The zero-order valence-electron chi connectivity index (χ0n) is 10.3. The van der Waals surface area contributed by atoms with Gasteiger partial charge < -0.3 is 10.5 Å². The molecule has 2 aromatic rings. The van der Waals surface area contributed by atoms with E-state index < -0.39 is 0 Å². The molecular weight excluding hydrogens is 222 g/mol. The van der Waals surface area contributed by atoms with Gasteiger partial charge in [-0.2, -0.15) is 0 Å². The van der Waals surface area contributed by atoms with Crippen LogP contribution in [0.15, 0.2) is 48.5 Å². The maximum absolute atomic E-state index is 5.83. The minimum absolute atomic E-state index is 0.435. The number of ether oxygens (including phenoxy) is 1. The molecule has 1 aliphatic rings. The molecular formula is C16H17NO. The Morgan fingerprint density at radius 1 is 1.06 bits per heavy atom. The van der Waals surface area contributed by atoms with Crippen LogP contribution in [0, 0.1) is 0 Å². The first kappa shape index (κ1) is 11.3. The average molecular weight is 239 g/mol. The fourth-order valence-corrected chi connectivity index (χ4v) is 2.10. The van der Waals surface area contributed by atoms with Crippen LogP contribution in [0.4, 0.5) is 0 Å². The molecule has 0 heterocycles. The van der Waals surface area contributed by atoms with Crippen LogP contribution in [0.2, 0.25) is 0 Å². The molecule has 3 rings (SSSR count). The van der Waals surface area contributed by atoms with Crippen LogP contribution >= 0.6 is 0 Å². The van der Waals surface area contributed by atoms with Crippen LogP contribution in [0.5, 0.6) is 5.75 Å². The van der Waals surface area contributed by atoms with Crippen LogP contribution in [-0.4, -0.2) is 6.10 Å². The summed E-state index contributed by atoms with van der Waals surface area (Å²) in [5.41, 5.74) is 9.32. The van der Waals surface area contributed by atoms with Crippen LogP contribution in [-0.2, 0) is 6.54 Å². The van der Waals surface area contributed by atoms with E-state index in [-0.39, 0.29) is 0 Å². The maximum Gasteiger partial charge on any atom is 0.120 e. The number of benzene rings is 2. The van der Waals surface area contributed by atoms with Crippen molar-refractivity contribution in [3.05, 3.63) is 54.1 Å². The van der Waals surface area contributed by atoms with E-state index in [1.54, 1.807) is 0 Å². The lowest BCUT2D eigenvalue weighted by Crippen LogP contribution is -1.99. The van der Waals surface area contributed by atoms with Gasteiger partial charge in [-0.3, -0.25) is 0 Å². The predicted octanol–water partition coefficient (Wildman–Crippen LogP) is 3.35. The molecule has 0 bridgehead atoms. The van der Waals surface area contributed by atoms with Gasteiger partial charge >= 0.3 is 0 Å². The van der Waals surface area contributed by atoms with E-state index >= 15 is 0 Å². The summed E-state index contributed by atoms with van der Waals surface area (Å²) in [5, 5.41) is 0. The molecule has 1 fully saturated rings. The number of rotatable bonds is 4. The minimum atomic E-state index is 0.435. The molecule has 1 saturated carbocycles. The minimum Gasteiger partial charge on any atom is -0.490 e. The van der Waals surface area contributed by atoms with Crippen molar-refractivity contribution >= 4 is 0 Å². The van der Waals surface area contributed by atoms with Crippen molar-refractivity contribution < 1.29 is 4.74 Å². The molecule has 92 valence electrons. The highest BCUT2D eigenvalue weighted by Gasteiger charge is 2.23. The van der Waals surface area contributed by atoms with Gasteiger partial charge in [0.1, 0.15) is 5.75 Å². The number of hydrogen-bond acceptors (Lipinski definition) is 2. The van der Waals surface area contributed by atoms with Gasteiger partial charge in [0.25, 0.3) is 0 Å². The van der Waals surface area contributed by atoms with Crippen LogP contribution < -0.4 is 10.5 Å².